The van der Waals surface area contributed by atoms with Gasteiger partial charge in [0.2, 0.25) is 0 Å². The van der Waals surface area contributed by atoms with Crippen molar-refractivity contribution in [3.8, 4) is 5.75 Å². The summed E-state index contributed by atoms with van der Waals surface area (Å²) < 4.78 is 5.19. The summed E-state index contributed by atoms with van der Waals surface area (Å²) in [5, 5.41) is 8.64. The summed E-state index contributed by atoms with van der Waals surface area (Å²) in [6.45, 7) is 2.90. The smallest absolute Gasteiger partial charge is 0.315 e. The molecule has 1 aromatic heterocycles. The van der Waals surface area contributed by atoms with Gasteiger partial charge in [-0.1, -0.05) is 12.1 Å². The number of rotatable bonds is 7. The molecule has 1 aromatic carbocycles. The number of amides is 2. The standard InChI is InChI=1S/C17H24N4O2S/c1-12-11-24-16(20-12)10-19-17(22)18-9-15(21(2)3)13-5-7-14(23-4)8-6-13/h5-8,11,15H,9-10H2,1-4H3,(H2,18,19,22). The summed E-state index contributed by atoms with van der Waals surface area (Å²) in [4.78, 5) is 18.4. The molecule has 0 aliphatic carbocycles. The number of carbonyl (C=O) groups excluding carboxylic acids is 1. The number of nitrogens with zero attached hydrogens (tertiary/aromatic N) is 2. The van der Waals surface area contributed by atoms with Crippen LogP contribution in [-0.4, -0.2) is 43.7 Å². The third kappa shape index (κ3) is 5.21. The van der Waals surface area contributed by atoms with Gasteiger partial charge in [-0.05, 0) is 38.7 Å². The number of aromatic nitrogens is 1. The first kappa shape index (κ1) is 18.2. The molecule has 0 aliphatic heterocycles. The zero-order chi connectivity index (χ0) is 17.5. The number of carbonyl (C=O) groups is 1. The normalized spacial score (nSPS) is 12.0. The first-order chi connectivity index (χ1) is 11.5. The summed E-state index contributed by atoms with van der Waals surface area (Å²) in [7, 11) is 5.63. The largest absolute Gasteiger partial charge is 0.497 e. The highest BCUT2D eigenvalue weighted by Crippen LogP contribution is 2.20. The van der Waals surface area contributed by atoms with Crippen molar-refractivity contribution in [1.82, 2.24) is 20.5 Å². The molecule has 0 saturated heterocycles. The van der Waals surface area contributed by atoms with Gasteiger partial charge in [-0.2, -0.15) is 0 Å². The fourth-order valence-electron chi connectivity index (χ4n) is 2.32. The molecule has 0 aliphatic rings. The second kappa shape index (κ2) is 8.65. The number of hydrogen-bond acceptors (Lipinski definition) is 5. The van der Waals surface area contributed by atoms with Gasteiger partial charge in [0.25, 0.3) is 0 Å². The van der Waals surface area contributed by atoms with Crippen LogP contribution < -0.4 is 15.4 Å². The van der Waals surface area contributed by atoms with Crippen molar-refractivity contribution in [1.29, 1.82) is 0 Å². The lowest BCUT2D eigenvalue weighted by Crippen LogP contribution is -2.40. The summed E-state index contributed by atoms with van der Waals surface area (Å²) in [5.41, 5.74) is 2.10. The third-order valence-electron chi connectivity index (χ3n) is 3.65. The Bertz CT molecular complexity index is 655. The van der Waals surface area contributed by atoms with Gasteiger partial charge in [0, 0.05) is 17.6 Å². The monoisotopic (exact) mass is 348 g/mol. The lowest BCUT2D eigenvalue weighted by atomic mass is 10.1. The van der Waals surface area contributed by atoms with Crippen molar-refractivity contribution >= 4 is 17.4 Å². The molecular weight excluding hydrogens is 324 g/mol. The lowest BCUT2D eigenvalue weighted by Gasteiger charge is -2.25. The van der Waals surface area contributed by atoms with Crippen LogP contribution in [0, 0.1) is 6.92 Å². The first-order valence-corrected chi connectivity index (χ1v) is 8.60. The van der Waals surface area contributed by atoms with Crippen LogP contribution in [0.15, 0.2) is 29.6 Å². The molecule has 1 atom stereocenters. The van der Waals surface area contributed by atoms with Gasteiger partial charge in [-0.3, -0.25) is 0 Å². The van der Waals surface area contributed by atoms with Gasteiger partial charge in [0.05, 0.1) is 19.7 Å². The Kier molecular flexibility index (Phi) is 6.57. The van der Waals surface area contributed by atoms with E-state index in [2.05, 4.69) is 20.5 Å². The highest BCUT2D eigenvalue weighted by atomic mass is 32.1. The Morgan fingerprint density at radius 2 is 2.00 bits per heavy atom. The van der Waals surface area contributed by atoms with Crippen molar-refractivity contribution in [3.05, 3.63) is 45.9 Å². The number of aryl methyl sites for hydroxylation is 1. The molecule has 2 rings (SSSR count). The molecule has 1 heterocycles. The second-order valence-corrected chi connectivity index (χ2v) is 6.64. The van der Waals surface area contributed by atoms with Crippen LogP contribution in [0.2, 0.25) is 0 Å². The van der Waals surface area contributed by atoms with Crippen LogP contribution in [0.3, 0.4) is 0 Å². The molecule has 6 nitrogen and oxygen atoms in total. The minimum Gasteiger partial charge on any atom is -0.497 e. The second-order valence-electron chi connectivity index (χ2n) is 5.70. The number of methoxy groups -OCH3 is 1. The molecule has 0 saturated carbocycles. The summed E-state index contributed by atoms with van der Waals surface area (Å²) in [6, 6.07) is 7.78. The fourth-order valence-corrected chi connectivity index (χ4v) is 3.03. The highest BCUT2D eigenvalue weighted by Gasteiger charge is 2.15. The number of benzene rings is 1. The van der Waals surface area contributed by atoms with Gasteiger partial charge in [0.15, 0.2) is 0 Å². The molecule has 130 valence electrons. The molecule has 2 N–H and O–H groups in total. The zero-order valence-electron chi connectivity index (χ0n) is 14.5. The number of thiazole rings is 1. The number of likely N-dealkylation sites (N-methyl/N-ethyl adjacent to an activating group) is 1. The summed E-state index contributed by atoms with van der Waals surface area (Å²) in [6.07, 6.45) is 0. The van der Waals surface area contributed by atoms with Crippen molar-refractivity contribution in [2.75, 3.05) is 27.7 Å². The van der Waals surface area contributed by atoms with Gasteiger partial charge in [0.1, 0.15) is 10.8 Å². The molecule has 0 spiro atoms. The Hall–Kier alpha value is -2.12. The van der Waals surface area contributed by atoms with Gasteiger partial charge < -0.3 is 20.3 Å². The fraction of sp³-hybridized carbons (Fsp3) is 0.412. The van der Waals surface area contributed by atoms with Gasteiger partial charge in [-0.15, -0.1) is 11.3 Å². The molecular formula is C17H24N4O2S. The van der Waals surface area contributed by atoms with E-state index in [1.165, 1.54) is 0 Å². The average molecular weight is 348 g/mol. The van der Waals surface area contributed by atoms with E-state index in [0.717, 1.165) is 22.0 Å². The Morgan fingerprint density at radius 3 is 2.54 bits per heavy atom. The Labute approximate surface area is 146 Å². The van der Waals surface area contributed by atoms with Crippen LogP contribution in [0.4, 0.5) is 4.79 Å². The minimum absolute atomic E-state index is 0.0868. The van der Waals surface area contributed by atoms with E-state index < -0.39 is 0 Å². The van der Waals surface area contributed by atoms with Crippen molar-refractivity contribution in [2.24, 2.45) is 0 Å². The van der Waals surface area contributed by atoms with Crippen molar-refractivity contribution in [2.45, 2.75) is 19.5 Å². The first-order valence-electron chi connectivity index (χ1n) is 7.72. The zero-order valence-corrected chi connectivity index (χ0v) is 15.3. The Balaban J connectivity index is 1.87. The van der Waals surface area contributed by atoms with Crippen LogP contribution >= 0.6 is 11.3 Å². The molecule has 2 amide bonds. The van der Waals surface area contributed by atoms with E-state index in [1.54, 1.807) is 18.4 Å². The van der Waals surface area contributed by atoms with Crippen LogP contribution in [0.25, 0.3) is 0 Å². The minimum atomic E-state index is -0.191. The molecule has 2 aromatic rings. The predicted octanol–water partition coefficient (Wildman–Crippen LogP) is 2.56. The van der Waals surface area contributed by atoms with Crippen LogP contribution in [0.5, 0.6) is 5.75 Å². The molecule has 24 heavy (non-hydrogen) atoms. The third-order valence-corrected chi connectivity index (χ3v) is 4.61. The average Bonchev–Trinajstić information content (AvgIpc) is 2.99. The van der Waals surface area contributed by atoms with E-state index in [-0.39, 0.29) is 12.1 Å². The van der Waals surface area contributed by atoms with Crippen molar-refractivity contribution in [3.63, 3.8) is 0 Å². The molecule has 1 unspecified atom stereocenters. The van der Waals surface area contributed by atoms with E-state index in [0.29, 0.717) is 13.1 Å². The lowest BCUT2D eigenvalue weighted by molar-refractivity contribution is 0.232. The Morgan fingerprint density at radius 1 is 1.29 bits per heavy atom. The highest BCUT2D eigenvalue weighted by molar-refractivity contribution is 7.09. The van der Waals surface area contributed by atoms with E-state index in [1.807, 2.05) is 50.7 Å². The maximum Gasteiger partial charge on any atom is 0.315 e. The SMILES string of the molecule is COc1ccc(C(CNC(=O)NCc2nc(C)cs2)N(C)C)cc1. The van der Waals surface area contributed by atoms with Crippen molar-refractivity contribution < 1.29 is 9.53 Å². The summed E-state index contributed by atoms with van der Waals surface area (Å²) >= 11 is 1.55. The number of urea groups is 1. The maximum atomic E-state index is 12.0. The predicted molar refractivity (Wildman–Crippen MR) is 96.5 cm³/mol. The molecule has 0 radical (unpaired) electrons. The number of nitrogens with one attached hydrogen (secondary N) is 2. The topological polar surface area (TPSA) is 66.5 Å². The van der Waals surface area contributed by atoms with E-state index >= 15 is 0 Å². The van der Waals surface area contributed by atoms with Crippen LogP contribution in [0.1, 0.15) is 22.3 Å². The van der Waals surface area contributed by atoms with E-state index in [4.69, 9.17) is 4.74 Å². The number of hydrogen-bond donors (Lipinski definition) is 2. The van der Waals surface area contributed by atoms with Gasteiger partial charge >= 0.3 is 6.03 Å². The number of ether oxygens (including phenoxy) is 1. The van der Waals surface area contributed by atoms with E-state index in [9.17, 15) is 4.79 Å². The molecule has 0 bridgehead atoms. The van der Waals surface area contributed by atoms with Crippen LogP contribution in [-0.2, 0) is 6.54 Å². The quantitative estimate of drug-likeness (QED) is 0.807. The summed E-state index contributed by atoms with van der Waals surface area (Å²) in [5.74, 6) is 0.820. The molecule has 7 heteroatoms. The maximum absolute atomic E-state index is 12.0. The molecule has 0 fully saturated rings. The van der Waals surface area contributed by atoms with Gasteiger partial charge in [-0.25, -0.2) is 9.78 Å².